The highest BCUT2D eigenvalue weighted by atomic mass is 15.2. The maximum atomic E-state index is 4.68. The fourth-order valence-electron chi connectivity index (χ4n) is 3.04. The second-order valence-electron chi connectivity index (χ2n) is 5.97. The van der Waals surface area contributed by atoms with Gasteiger partial charge in [-0.1, -0.05) is 25.1 Å². The number of aromatic nitrogens is 3. The Bertz CT molecular complexity index is 817. The quantitative estimate of drug-likeness (QED) is 0.733. The Hall–Kier alpha value is -2.36. The summed E-state index contributed by atoms with van der Waals surface area (Å²) in [6.07, 6.45) is 7.24. The van der Waals surface area contributed by atoms with Crippen LogP contribution in [0.5, 0.6) is 0 Å². The number of anilines is 2. The van der Waals surface area contributed by atoms with E-state index in [-0.39, 0.29) is 0 Å². The van der Waals surface area contributed by atoms with Crippen LogP contribution in [0, 0.1) is 0 Å². The third kappa shape index (κ3) is 2.15. The van der Waals surface area contributed by atoms with Crippen LogP contribution in [0.1, 0.15) is 25.3 Å². The predicted molar refractivity (Wildman–Crippen MR) is 89.5 cm³/mol. The zero-order valence-electron chi connectivity index (χ0n) is 13.0. The molecule has 1 fully saturated rings. The van der Waals surface area contributed by atoms with Gasteiger partial charge >= 0.3 is 0 Å². The highest BCUT2D eigenvalue weighted by Gasteiger charge is 2.32. The lowest BCUT2D eigenvalue weighted by molar-refractivity contribution is 0.922. The van der Waals surface area contributed by atoms with E-state index in [1.807, 2.05) is 19.6 Å². The molecule has 2 aromatic heterocycles. The maximum absolute atomic E-state index is 4.68. The Kier molecular flexibility index (Phi) is 3.10. The Morgan fingerprint density at radius 1 is 1.23 bits per heavy atom. The number of para-hydroxylation sites is 1. The monoisotopic (exact) mass is 292 g/mol. The molecule has 112 valence electrons. The van der Waals surface area contributed by atoms with Gasteiger partial charge in [0.1, 0.15) is 11.3 Å². The van der Waals surface area contributed by atoms with Crippen LogP contribution in [-0.2, 0) is 13.5 Å². The van der Waals surface area contributed by atoms with Gasteiger partial charge in [-0.15, -0.1) is 0 Å². The molecule has 4 nitrogen and oxygen atoms in total. The van der Waals surface area contributed by atoms with Crippen molar-refractivity contribution in [3.8, 4) is 0 Å². The first-order chi connectivity index (χ1) is 10.8. The third-order valence-corrected chi connectivity index (χ3v) is 4.39. The van der Waals surface area contributed by atoms with Gasteiger partial charge in [0.15, 0.2) is 0 Å². The first-order valence-electron chi connectivity index (χ1n) is 7.92. The predicted octanol–water partition coefficient (Wildman–Crippen LogP) is 3.83. The molecule has 2 heterocycles. The summed E-state index contributed by atoms with van der Waals surface area (Å²) in [5.74, 6) is 1.03. The van der Waals surface area contributed by atoms with Crippen molar-refractivity contribution in [2.75, 3.05) is 4.90 Å². The summed E-state index contributed by atoms with van der Waals surface area (Å²) in [7, 11) is 2.03. The normalized spacial score (nSPS) is 14.5. The summed E-state index contributed by atoms with van der Waals surface area (Å²) < 4.78 is 2.05. The zero-order valence-corrected chi connectivity index (χ0v) is 13.0. The van der Waals surface area contributed by atoms with Gasteiger partial charge in [0.05, 0.1) is 18.0 Å². The minimum absolute atomic E-state index is 0.575. The van der Waals surface area contributed by atoms with Gasteiger partial charge in [-0.25, -0.2) is 9.97 Å². The Morgan fingerprint density at radius 3 is 2.82 bits per heavy atom. The minimum Gasteiger partial charge on any atom is -0.334 e. The summed E-state index contributed by atoms with van der Waals surface area (Å²) in [6, 6.07) is 11.4. The molecular weight excluding hydrogens is 272 g/mol. The topological polar surface area (TPSA) is 34.0 Å². The standard InChI is InChI=1S/C18H20N4/c1-3-13-6-4-5-7-16(13)22(14-8-9-14)18-10-17-15(11-19-18)20-12-21(17)2/h4-7,10-12,14H,3,8-9H2,1-2H3. The Morgan fingerprint density at radius 2 is 2.05 bits per heavy atom. The molecule has 1 saturated carbocycles. The number of imidazole rings is 1. The molecule has 0 unspecified atom stereocenters. The molecule has 0 N–H and O–H groups in total. The van der Waals surface area contributed by atoms with Gasteiger partial charge in [0.25, 0.3) is 0 Å². The summed E-state index contributed by atoms with van der Waals surface area (Å²) in [5, 5.41) is 0. The molecule has 4 heteroatoms. The number of benzene rings is 1. The summed E-state index contributed by atoms with van der Waals surface area (Å²) in [5.41, 5.74) is 4.75. The average molecular weight is 292 g/mol. The lowest BCUT2D eigenvalue weighted by Gasteiger charge is -2.26. The second kappa shape index (κ2) is 5.13. The summed E-state index contributed by atoms with van der Waals surface area (Å²) >= 11 is 0. The molecule has 0 radical (unpaired) electrons. The van der Waals surface area contributed by atoms with Crippen LogP contribution in [0.3, 0.4) is 0 Å². The van der Waals surface area contributed by atoms with E-state index in [0.29, 0.717) is 6.04 Å². The smallest absolute Gasteiger partial charge is 0.135 e. The van der Waals surface area contributed by atoms with E-state index in [1.165, 1.54) is 24.1 Å². The molecular formula is C18H20N4. The Labute approximate surface area is 130 Å². The van der Waals surface area contributed by atoms with E-state index in [4.69, 9.17) is 0 Å². The number of hydrogen-bond acceptors (Lipinski definition) is 3. The molecule has 0 spiro atoms. The number of rotatable bonds is 4. The molecule has 1 aliphatic rings. The van der Waals surface area contributed by atoms with Crippen molar-refractivity contribution in [3.63, 3.8) is 0 Å². The molecule has 1 aliphatic carbocycles. The molecule has 0 aliphatic heterocycles. The molecule has 3 aromatic rings. The lowest BCUT2D eigenvalue weighted by Crippen LogP contribution is -2.21. The number of aryl methyl sites for hydroxylation is 2. The van der Waals surface area contributed by atoms with Crippen molar-refractivity contribution in [2.45, 2.75) is 32.2 Å². The second-order valence-corrected chi connectivity index (χ2v) is 5.97. The van der Waals surface area contributed by atoms with E-state index < -0.39 is 0 Å². The van der Waals surface area contributed by atoms with E-state index >= 15 is 0 Å². The first-order valence-corrected chi connectivity index (χ1v) is 7.92. The molecule has 0 bridgehead atoms. The molecule has 0 amide bonds. The number of nitrogens with zero attached hydrogens (tertiary/aromatic N) is 4. The third-order valence-electron chi connectivity index (χ3n) is 4.39. The first kappa shape index (κ1) is 13.3. The van der Waals surface area contributed by atoms with Gasteiger partial charge in [-0.05, 0) is 30.9 Å². The molecule has 1 aromatic carbocycles. The lowest BCUT2D eigenvalue weighted by atomic mass is 10.1. The van der Waals surface area contributed by atoms with Crippen LogP contribution in [0.4, 0.5) is 11.5 Å². The van der Waals surface area contributed by atoms with Crippen molar-refractivity contribution >= 4 is 22.5 Å². The highest BCUT2D eigenvalue weighted by Crippen LogP contribution is 2.39. The fraction of sp³-hybridized carbons (Fsp3) is 0.333. The highest BCUT2D eigenvalue weighted by molar-refractivity contribution is 5.79. The van der Waals surface area contributed by atoms with Gasteiger partial charge in [0, 0.05) is 24.8 Å². The number of hydrogen-bond donors (Lipinski definition) is 0. The fourth-order valence-corrected chi connectivity index (χ4v) is 3.04. The van der Waals surface area contributed by atoms with Gasteiger partial charge in [-0.3, -0.25) is 0 Å². The van der Waals surface area contributed by atoms with Crippen molar-refractivity contribution in [1.82, 2.24) is 14.5 Å². The molecule has 4 rings (SSSR count). The summed E-state index contributed by atoms with van der Waals surface area (Å²) in [4.78, 5) is 11.5. The van der Waals surface area contributed by atoms with Crippen molar-refractivity contribution in [3.05, 3.63) is 48.4 Å². The molecule has 0 saturated heterocycles. The van der Waals surface area contributed by atoms with Crippen LogP contribution >= 0.6 is 0 Å². The van der Waals surface area contributed by atoms with Crippen LogP contribution < -0.4 is 4.90 Å². The van der Waals surface area contributed by atoms with Gasteiger partial charge in [-0.2, -0.15) is 0 Å². The Balaban J connectivity index is 1.85. The van der Waals surface area contributed by atoms with E-state index in [2.05, 4.69) is 56.7 Å². The number of pyridine rings is 1. The SMILES string of the molecule is CCc1ccccc1N(c1cc2c(cn1)ncn2C)C1CC1. The zero-order chi connectivity index (χ0) is 15.1. The molecule has 22 heavy (non-hydrogen) atoms. The maximum Gasteiger partial charge on any atom is 0.135 e. The van der Waals surface area contributed by atoms with E-state index in [9.17, 15) is 0 Å². The van der Waals surface area contributed by atoms with E-state index in [0.717, 1.165) is 23.3 Å². The van der Waals surface area contributed by atoms with Gasteiger partial charge < -0.3 is 9.47 Å². The van der Waals surface area contributed by atoms with Crippen LogP contribution in [0.15, 0.2) is 42.9 Å². The van der Waals surface area contributed by atoms with Gasteiger partial charge in [0.2, 0.25) is 0 Å². The summed E-state index contributed by atoms with van der Waals surface area (Å²) in [6.45, 7) is 2.21. The number of fused-ring (bicyclic) bond motifs is 1. The largest absolute Gasteiger partial charge is 0.334 e. The van der Waals surface area contributed by atoms with E-state index in [1.54, 1.807) is 0 Å². The van der Waals surface area contributed by atoms with Crippen LogP contribution in [0.25, 0.3) is 11.0 Å². The van der Waals surface area contributed by atoms with Crippen LogP contribution in [-0.4, -0.2) is 20.6 Å². The van der Waals surface area contributed by atoms with Crippen molar-refractivity contribution in [1.29, 1.82) is 0 Å². The van der Waals surface area contributed by atoms with Crippen molar-refractivity contribution in [2.24, 2.45) is 7.05 Å². The minimum atomic E-state index is 0.575. The van der Waals surface area contributed by atoms with Crippen molar-refractivity contribution < 1.29 is 0 Å². The average Bonchev–Trinajstić information content (AvgIpc) is 3.32. The molecule has 0 atom stereocenters. The van der Waals surface area contributed by atoms with Crippen LogP contribution in [0.2, 0.25) is 0 Å².